The van der Waals surface area contributed by atoms with Gasteiger partial charge in [-0.05, 0) is 31.5 Å². The second-order valence-corrected chi connectivity index (χ2v) is 4.23. The van der Waals surface area contributed by atoms with Gasteiger partial charge in [-0.3, -0.25) is 0 Å². The van der Waals surface area contributed by atoms with Gasteiger partial charge in [0.25, 0.3) is 0 Å². The average molecular weight is 268 g/mol. The van der Waals surface area contributed by atoms with E-state index in [2.05, 4.69) is 21.4 Å². The average Bonchev–Trinajstić information content (AvgIpc) is 2.45. The smallest absolute Gasteiger partial charge is 0.218 e. The molecule has 0 fully saturated rings. The van der Waals surface area contributed by atoms with Crippen LogP contribution in [0.2, 0.25) is 0 Å². The lowest BCUT2D eigenvalue weighted by atomic mass is 10.1. The molecule has 0 aliphatic carbocycles. The monoisotopic (exact) mass is 268 g/mol. The number of ether oxygens (including phenoxy) is 1. The molecule has 1 aromatic carbocycles. The van der Waals surface area contributed by atoms with Crippen molar-refractivity contribution in [2.75, 3.05) is 11.9 Å². The van der Waals surface area contributed by atoms with Gasteiger partial charge < -0.3 is 10.1 Å². The minimum atomic E-state index is 0.572. The zero-order valence-corrected chi connectivity index (χ0v) is 11.6. The maximum Gasteiger partial charge on any atom is 0.218 e. The Balaban J connectivity index is 2.04. The summed E-state index contributed by atoms with van der Waals surface area (Å²) in [5, 5.41) is 12.0. The minimum Gasteiger partial charge on any atom is -0.478 e. The molecule has 0 saturated heterocycles. The van der Waals surface area contributed by atoms with Crippen LogP contribution in [0.25, 0.3) is 0 Å². The molecular formula is C15H16N4O. The van der Waals surface area contributed by atoms with Gasteiger partial charge in [0.2, 0.25) is 5.88 Å². The molecule has 5 nitrogen and oxygen atoms in total. The van der Waals surface area contributed by atoms with E-state index in [-0.39, 0.29) is 0 Å². The highest BCUT2D eigenvalue weighted by atomic mass is 16.5. The molecule has 0 atom stereocenters. The Morgan fingerprint density at radius 3 is 2.65 bits per heavy atom. The highest BCUT2D eigenvalue weighted by Gasteiger charge is 2.02. The number of benzene rings is 1. The van der Waals surface area contributed by atoms with Crippen molar-refractivity contribution in [1.82, 2.24) is 9.97 Å². The Hall–Kier alpha value is -2.61. The molecule has 0 bridgehead atoms. The van der Waals surface area contributed by atoms with Crippen LogP contribution < -0.4 is 10.1 Å². The van der Waals surface area contributed by atoms with E-state index in [0.717, 1.165) is 11.4 Å². The molecule has 1 heterocycles. The molecule has 102 valence electrons. The summed E-state index contributed by atoms with van der Waals surface area (Å²) in [4.78, 5) is 8.50. The molecule has 2 aromatic rings. The van der Waals surface area contributed by atoms with E-state index >= 15 is 0 Å². The highest BCUT2D eigenvalue weighted by Crippen LogP contribution is 2.14. The highest BCUT2D eigenvalue weighted by molar-refractivity contribution is 5.40. The topological polar surface area (TPSA) is 70.8 Å². The van der Waals surface area contributed by atoms with Crippen LogP contribution >= 0.6 is 0 Å². The number of anilines is 1. The molecule has 0 aliphatic rings. The largest absolute Gasteiger partial charge is 0.478 e. The normalized spacial score (nSPS) is 9.85. The summed E-state index contributed by atoms with van der Waals surface area (Å²) < 4.78 is 5.38. The summed E-state index contributed by atoms with van der Waals surface area (Å²) >= 11 is 0. The van der Waals surface area contributed by atoms with E-state index in [9.17, 15) is 0 Å². The number of nitriles is 1. The van der Waals surface area contributed by atoms with Crippen LogP contribution in [0.1, 0.15) is 23.9 Å². The van der Waals surface area contributed by atoms with Crippen molar-refractivity contribution in [3.63, 3.8) is 0 Å². The molecule has 0 aliphatic heterocycles. The molecule has 5 heteroatoms. The lowest BCUT2D eigenvalue weighted by molar-refractivity contribution is 0.325. The van der Waals surface area contributed by atoms with Crippen molar-refractivity contribution in [2.24, 2.45) is 0 Å². The van der Waals surface area contributed by atoms with Gasteiger partial charge in [-0.2, -0.15) is 10.2 Å². The summed E-state index contributed by atoms with van der Waals surface area (Å²) in [6.07, 6.45) is 0. The maximum absolute atomic E-state index is 8.75. The van der Waals surface area contributed by atoms with E-state index in [1.807, 2.05) is 26.0 Å². The fourth-order valence-corrected chi connectivity index (χ4v) is 1.74. The Morgan fingerprint density at radius 1 is 1.25 bits per heavy atom. The molecule has 20 heavy (non-hydrogen) atoms. The maximum atomic E-state index is 8.75. The quantitative estimate of drug-likeness (QED) is 0.902. The van der Waals surface area contributed by atoms with Gasteiger partial charge in [-0.25, -0.2) is 4.98 Å². The molecular weight excluding hydrogens is 252 g/mol. The first-order chi connectivity index (χ1) is 9.71. The van der Waals surface area contributed by atoms with Crippen LogP contribution in [0.15, 0.2) is 30.3 Å². The van der Waals surface area contributed by atoms with Crippen LogP contribution in [0, 0.1) is 18.3 Å². The second kappa shape index (κ2) is 6.53. The summed E-state index contributed by atoms with van der Waals surface area (Å²) in [5.74, 6) is 1.96. The number of nitrogens with one attached hydrogen (secondary N) is 1. The molecule has 0 amide bonds. The van der Waals surface area contributed by atoms with E-state index in [1.54, 1.807) is 18.2 Å². The molecule has 1 aromatic heterocycles. The molecule has 0 unspecified atom stereocenters. The Kier molecular flexibility index (Phi) is 4.51. The number of aryl methyl sites for hydroxylation is 1. The molecule has 0 radical (unpaired) electrons. The Bertz CT molecular complexity index is 617. The van der Waals surface area contributed by atoms with Crippen molar-refractivity contribution >= 4 is 5.82 Å². The summed E-state index contributed by atoms with van der Waals surface area (Å²) in [6.45, 7) is 4.95. The van der Waals surface area contributed by atoms with Crippen molar-refractivity contribution in [3.8, 4) is 11.9 Å². The van der Waals surface area contributed by atoms with Crippen LogP contribution in [-0.4, -0.2) is 16.6 Å². The van der Waals surface area contributed by atoms with Gasteiger partial charge in [0.1, 0.15) is 11.6 Å². The van der Waals surface area contributed by atoms with Gasteiger partial charge in [0, 0.05) is 12.6 Å². The molecule has 2 rings (SSSR count). The summed E-state index contributed by atoms with van der Waals surface area (Å²) in [5.41, 5.74) is 1.74. The zero-order chi connectivity index (χ0) is 14.4. The van der Waals surface area contributed by atoms with Crippen LogP contribution in [0.3, 0.4) is 0 Å². The third-order valence-corrected chi connectivity index (χ3v) is 2.66. The second-order valence-electron chi connectivity index (χ2n) is 4.23. The predicted octanol–water partition coefficient (Wildman–Crippen LogP) is 2.67. The number of hydrogen-bond donors (Lipinski definition) is 1. The van der Waals surface area contributed by atoms with Crippen molar-refractivity contribution in [2.45, 2.75) is 20.4 Å². The van der Waals surface area contributed by atoms with Crippen LogP contribution in [-0.2, 0) is 6.54 Å². The third kappa shape index (κ3) is 3.69. The van der Waals surface area contributed by atoms with Crippen LogP contribution in [0.5, 0.6) is 5.88 Å². The van der Waals surface area contributed by atoms with Crippen molar-refractivity contribution < 1.29 is 4.74 Å². The molecule has 0 spiro atoms. The Labute approximate surface area is 118 Å². The van der Waals surface area contributed by atoms with Gasteiger partial charge >= 0.3 is 0 Å². The lowest BCUT2D eigenvalue weighted by Crippen LogP contribution is -2.05. The van der Waals surface area contributed by atoms with Crippen molar-refractivity contribution in [3.05, 3.63) is 47.3 Å². The summed E-state index contributed by atoms with van der Waals surface area (Å²) in [6, 6.07) is 11.3. The molecule has 0 saturated carbocycles. The van der Waals surface area contributed by atoms with Gasteiger partial charge in [0.05, 0.1) is 18.2 Å². The lowest BCUT2D eigenvalue weighted by Gasteiger charge is -2.09. The first-order valence-electron chi connectivity index (χ1n) is 6.42. The van der Waals surface area contributed by atoms with Crippen LogP contribution in [0.4, 0.5) is 5.82 Å². The molecule has 1 N–H and O–H groups in total. The SMILES string of the molecule is CCOc1cc(NCc2ccc(C#N)cc2)nc(C)n1. The Morgan fingerprint density at radius 2 is 2.00 bits per heavy atom. The van der Waals surface area contributed by atoms with Crippen molar-refractivity contribution in [1.29, 1.82) is 5.26 Å². The van der Waals surface area contributed by atoms with Gasteiger partial charge in [0.15, 0.2) is 0 Å². The first-order valence-corrected chi connectivity index (χ1v) is 6.42. The zero-order valence-electron chi connectivity index (χ0n) is 11.6. The minimum absolute atomic E-state index is 0.572. The number of aromatic nitrogens is 2. The fourth-order valence-electron chi connectivity index (χ4n) is 1.74. The number of nitrogens with zero attached hydrogens (tertiary/aromatic N) is 3. The first kappa shape index (κ1) is 13.8. The van der Waals surface area contributed by atoms with Gasteiger partial charge in [-0.15, -0.1) is 0 Å². The summed E-state index contributed by atoms with van der Waals surface area (Å²) in [7, 11) is 0. The number of hydrogen-bond acceptors (Lipinski definition) is 5. The van der Waals surface area contributed by atoms with E-state index < -0.39 is 0 Å². The van der Waals surface area contributed by atoms with E-state index in [4.69, 9.17) is 10.00 Å². The predicted molar refractivity (Wildman–Crippen MR) is 76.4 cm³/mol. The van der Waals surface area contributed by atoms with Gasteiger partial charge in [-0.1, -0.05) is 12.1 Å². The number of rotatable bonds is 5. The standard InChI is InChI=1S/C15H16N4O/c1-3-20-15-8-14(18-11(2)19-15)17-10-13-6-4-12(9-16)5-7-13/h4-8H,3,10H2,1-2H3,(H,17,18,19). The third-order valence-electron chi connectivity index (χ3n) is 2.66. The van der Waals surface area contributed by atoms with E-state index in [0.29, 0.717) is 30.4 Å². The van der Waals surface area contributed by atoms with E-state index in [1.165, 1.54) is 0 Å². The fraction of sp³-hybridized carbons (Fsp3) is 0.267.